The first-order valence-corrected chi connectivity index (χ1v) is 5.75. The van der Waals surface area contributed by atoms with Crippen molar-refractivity contribution >= 4 is 17.6 Å². The van der Waals surface area contributed by atoms with Crippen molar-refractivity contribution < 1.29 is 0 Å². The van der Waals surface area contributed by atoms with Gasteiger partial charge in [0.25, 0.3) is 0 Å². The number of nitrogen functional groups attached to an aromatic ring is 2. The molecule has 0 atom stereocenters. The molecule has 0 unspecified atom stereocenters. The van der Waals surface area contributed by atoms with Crippen molar-refractivity contribution in [1.29, 1.82) is 0 Å². The number of hydrogen-bond donors (Lipinski definition) is 2. The Hall–Kier alpha value is -1.56. The summed E-state index contributed by atoms with van der Waals surface area (Å²) in [6.07, 6.45) is 0. The van der Waals surface area contributed by atoms with Crippen molar-refractivity contribution in [1.82, 2.24) is 14.9 Å². The number of aromatic nitrogens is 2. The minimum atomic E-state index is 0.118. The molecule has 1 aromatic rings. The predicted molar refractivity (Wildman–Crippen MR) is 69.8 cm³/mol. The number of hydrogen-bond acceptors (Lipinski definition) is 6. The Kier molecular flexibility index (Phi) is 2.82. The summed E-state index contributed by atoms with van der Waals surface area (Å²) in [6.45, 7) is 7.26. The molecular formula is C11H20N6. The van der Waals surface area contributed by atoms with Gasteiger partial charge in [-0.05, 0) is 20.9 Å². The molecule has 0 aromatic carbocycles. The largest absolute Gasteiger partial charge is 0.383 e. The fraction of sp³-hybridized carbons (Fsp3) is 0.636. The molecule has 1 aliphatic rings. The van der Waals surface area contributed by atoms with Crippen LogP contribution in [0.2, 0.25) is 0 Å². The van der Waals surface area contributed by atoms with Crippen LogP contribution >= 0.6 is 0 Å². The normalized spacial score (nSPS) is 20.5. The first kappa shape index (κ1) is 11.9. The van der Waals surface area contributed by atoms with Gasteiger partial charge in [-0.15, -0.1) is 0 Å². The fourth-order valence-electron chi connectivity index (χ4n) is 2.07. The Morgan fingerprint density at radius 2 is 1.94 bits per heavy atom. The van der Waals surface area contributed by atoms with E-state index in [0.717, 1.165) is 25.5 Å². The monoisotopic (exact) mass is 236 g/mol. The van der Waals surface area contributed by atoms with E-state index >= 15 is 0 Å². The van der Waals surface area contributed by atoms with E-state index in [1.165, 1.54) is 0 Å². The molecule has 1 aromatic heterocycles. The minimum absolute atomic E-state index is 0.118. The molecule has 0 saturated carbocycles. The lowest BCUT2D eigenvalue weighted by atomic mass is 10.00. The van der Waals surface area contributed by atoms with Crippen molar-refractivity contribution in [2.24, 2.45) is 0 Å². The van der Waals surface area contributed by atoms with Gasteiger partial charge in [-0.25, -0.2) is 0 Å². The second-order valence-electron chi connectivity index (χ2n) is 5.16. The van der Waals surface area contributed by atoms with Crippen molar-refractivity contribution in [2.75, 3.05) is 43.0 Å². The van der Waals surface area contributed by atoms with Gasteiger partial charge in [-0.3, -0.25) is 4.90 Å². The van der Waals surface area contributed by atoms with Gasteiger partial charge in [0.05, 0.1) is 0 Å². The molecule has 6 heteroatoms. The molecule has 2 heterocycles. The zero-order valence-electron chi connectivity index (χ0n) is 10.6. The van der Waals surface area contributed by atoms with Crippen LogP contribution in [-0.4, -0.2) is 47.1 Å². The Morgan fingerprint density at radius 1 is 1.24 bits per heavy atom. The Balaban J connectivity index is 2.23. The third kappa shape index (κ3) is 2.41. The van der Waals surface area contributed by atoms with Crippen molar-refractivity contribution in [3.63, 3.8) is 0 Å². The highest BCUT2D eigenvalue weighted by molar-refractivity contribution is 5.51. The van der Waals surface area contributed by atoms with E-state index in [1.54, 1.807) is 6.07 Å². The second kappa shape index (κ2) is 4.03. The zero-order valence-corrected chi connectivity index (χ0v) is 10.6. The lowest BCUT2D eigenvalue weighted by Gasteiger charge is -2.45. The molecule has 1 aliphatic heterocycles. The first-order chi connectivity index (χ1) is 7.88. The summed E-state index contributed by atoms with van der Waals surface area (Å²) in [6, 6.07) is 1.78. The zero-order chi connectivity index (χ0) is 12.6. The Labute approximate surface area is 102 Å². The number of piperazine rings is 1. The Bertz CT molecular complexity index is 396. The van der Waals surface area contributed by atoms with Gasteiger partial charge in [-0.1, -0.05) is 0 Å². The summed E-state index contributed by atoms with van der Waals surface area (Å²) in [5.41, 5.74) is 11.4. The Morgan fingerprint density at radius 3 is 2.53 bits per heavy atom. The molecule has 94 valence electrons. The molecular weight excluding hydrogens is 216 g/mol. The molecule has 17 heavy (non-hydrogen) atoms. The molecule has 4 N–H and O–H groups in total. The third-order valence-electron chi connectivity index (χ3n) is 3.39. The number of likely N-dealkylation sites (N-methyl/N-ethyl adjacent to an activating group) is 1. The lowest BCUT2D eigenvalue weighted by Crippen LogP contribution is -2.57. The van der Waals surface area contributed by atoms with E-state index in [4.69, 9.17) is 11.5 Å². The van der Waals surface area contributed by atoms with Crippen molar-refractivity contribution in [2.45, 2.75) is 19.4 Å². The van der Waals surface area contributed by atoms with Crippen molar-refractivity contribution in [3.8, 4) is 0 Å². The second-order valence-corrected chi connectivity index (χ2v) is 5.16. The molecule has 6 nitrogen and oxygen atoms in total. The predicted octanol–water partition coefficient (Wildman–Crippen LogP) is 0.171. The van der Waals surface area contributed by atoms with Gasteiger partial charge in [0.2, 0.25) is 5.95 Å². The van der Waals surface area contributed by atoms with Gasteiger partial charge in [0, 0.05) is 31.2 Å². The van der Waals surface area contributed by atoms with E-state index in [-0.39, 0.29) is 11.5 Å². The average molecular weight is 236 g/mol. The summed E-state index contributed by atoms with van der Waals surface area (Å²) < 4.78 is 0. The third-order valence-corrected chi connectivity index (χ3v) is 3.39. The molecule has 0 spiro atoms. The summed E-state index contributed by atoms with van der Waals surface area (Å²) in [4.78, 5) is 12.7. The van der Waals surface area contributed by atoms with E-state index in [9.17, 15) is 0 Å². The number of anilines is 3. The summed E-state index contributed by atoms with van der Waals surface area (Å²) >= 11 is 0. The first-order valence-electron chi connectivity index (χ1n) is 5.75. The standard InChI is InChI=1S/C11H20N6/c1-11(2)7-17(5-4-16(11)3)9-6-8(12)14-10(13)15-9/h6H,4-5,7H2,1-3H3,(H4,12,13,14,15). The fourth-order valence-corrected chi connectivity index (χ4v) is 2.07. The summed E-state index contributed by atoms with van der Waals surface area (Å²) in [5, 5.41) is 0. The van der Waals surface area contributed by atoms with Crippen LogP contribution in [0.3, 0.4) is 0 Å². The highest BCUT2D eigenvalue weighted by Gasteiger charge is 2.31. The van der Waals surface area contributed by atoms with Gasteiger partial charge < -0.3 is 16.4 Å². The van der Waals surface area contributed by atoms with Crippen LogP contribution < -0.4 is 16.4 Å². The van der Waals surface area contributed by atoms with Gasteiger partial charge in [0.1, 0.15) is 11.6 Å². The molecule has 0 amide bonds. The molecule has 0 radical (unpaired) electrons. The number of nitrogens with two attached hydrogens (primary N) is 2. The van der Waals surface area contributed by atoms with E-state index < -0.39 is 0 Å². The van der Waals surface area contributed by atoms with Crippen molar-refractivity contribution in [3.05, 3.63) is 6.07 Å². The maximum Gasteiger partial charge on any atom is 0.223 e. The molecule has 1 fully saturated rings. The van der Waals surface area contributed by atoms with Crippen LogP contribution in [-0.2, 0) is 0 Å². The summed E-state index contributed by atoms with van der Waals surface area (Å²) in [5.74, 6) is 1.47. The maximum atomic E-state index is 5.69. The molecule has 2 rings (SSSR count). The highest BCUT2D eigenvalue weighted by Crippen LogP contribution is 2.24. The van der Waals surface area contributed by atoms with Crippen LogP contribution in [0.15, 0.2) is 6.07 Å². The maximum absolute atomic E-state index is 5.69. The van der Waals surface area contributed by atoms with Gasteiger partial charge in [0.15, 0.2) is 0 Å². The van der Waals surface area contributed by atoms with E-state index in [0.29, 0.717) is 5.82 Å². The highest BCUT2D eigenvalue weighted by atomic mass is 15.3. The topological polar surface area (TPSA) is 84.3 Å². The SMILES string of the molecule is CN1CCN(c2cc(N)nc(N)n2)CC1(C)C. The van der Waals surface area contributed by atoms with Crippen LogP contribution in [0.4, 0.5) is 17.6 Å². The van der Waals surface area contributed by atoms with Gasteiger partial charge >= 0.3 is 0 Å². The smallest absolute Gasteiger partial charge is 0.223 e. The molecule has 0 aliphatic carbocycles. The summed E-state index contributed by atoms with van der Waals surface area (Å²) in [7, 11) is 2.14. The number of rotatable bonds is 1. The molecule has 1 saturated heterocycles. The molecule has 0 bridgehead atoms. The van der Waals surface area contributed by atoms with Crippen LogP contribution in [0.25, 0.3) is 0 Å². The quantitative estimate of drug-likeness (QED) is 0.723. The number of nitrogens with zero attached hydrogens (tertiary/aromatic N) is 4. The lowest BCUT2D eigenvalue weighted by molar-refractivity contribution is 0.138. The minimum Gasteiger partial charge on any atom is -0.383 e. The van der Waals surface area contributed by atoms with E-state index in [1.807, 2.05) is 0 Å². The van der Waals surface area contributed by atoms with Gasteiger partial charge in [-0.2, -0.15) is 9.97 Å². The van der Waals surface area contributed by atoms with E-state index in [2.05, 4.69) is 40.7 Å². The van der Waals surface area contributed by atoms with Crippen LogP contribution in [0.1, 0.15) is 13.8 Å². The van der Waals surface area contributed by atoms with Crippen LogP contribution in [0, 0.1) is 0 Å². The van der Waals surface area contributed by atoms with Crippen LogP contribution in [0.5, 0.6) is 0 Å². The average Bonchev–Trinajstić information content (AvgIpc) is 2.20.